The van der Waals surface area contributed by atoms with Crippen molar-refractivity contribution in [3.8, 4) is 39.6 Å². The maximum Gasteiger partial charge on any atom is 0.340 e. The van der Waals surface area contributed by atoms with Gasteiger partial charge in [0.1, 0.15) is 17.3 Å². The van der Waals surface area contributed by atoms with Gasteiger partial charge in [-0.2, -0.15) is 0 Å². The molecule has 6 heteroatoms. The van der Waals surface area contributed by atoms with E-state index in [0.717, 1.165) is 28.1 Å². The van der Waals surface area contributed by atoms with Gasteiger partial charge in [0.25, 0.3) is 0 Å². The molecule has 0 aliphatic carbocycles. The van der Waals surface area contributed by atoms with Gasteiger partial charge in [0, 0.05) is 4.80 Å². The number of rotatable bonds is 5. The molecule has 5 rings (SSSR count). The number of hydrogen-bond acceptors (Lipinski definition) is 3. The standard InChI is InChI=1S/C26H20FN4O/c1-32-25-17-15-24(16-18-25)31-29-26(28-30(31)23-13-11-22(27)12-14-23)21-9-7-20(8-10-21)19-5-3-2-4-6-19/h2-18H,1H3/q+1. The van der Waals surface area contributed by atoms with Crippen LogP contribution in [0, 0.1) is 5.82 Å². The van der Waals surface area contributed by atoms with E-state index in [2.05, 4.69) is 24.3 Å². The van der Waals surface area contributed by atoms with E-state index in [1.165, 1.54) is 12.1 Å². The topological polar surface area (TPSA) is 43.8 Å². The van der Waals surface area contributed by atoms with Crippen LogP contribution in [0.15, 0.2) is 103 Å². The van der Waals surface area contributed by atoms with Crippen LogP contribution in [-0.2, 0) is 0 Å². The zero-order valence-corrected chi connectivity index (χ0v) is 17.4. The number of tetrazole rings is 1. The van der Waals surface area contributed by atoms with E-state index < -0.39 is 0 Å². The second-order valence-corrected chi connectivity index (χ2v) is 7.22. The molecule has 1 aromatic heterocycles. The Kier molecular flexibility index (Phi) is 5.17. The minimum atomic E-state index is -0.304. The molecule has 4 aromatic carbocycles. The van der Waals surface area contributed by atoms with Crippen molar-refractivity contribution in [2.45, 2.75) is 0 Å². The largest absolute Gasteiger partial charge is 0.497 e. The third kappa shape index (κ3) is 3.86. The van der Waals surface area contributed by atoms with E-state index in [1.807, 2.05) is 54.6 Å². The molecule has 0 N–H and O–H groups in total. The zero-order chi connectivity index (χ0) is 21.9. The van der Waals surface area contributed by atoms with Crippen LogP contribution in [-0.4, -0.2) is 22.1 Å². The van der Waals surface area contributed by atoms with E-state index in [1.54, 1.807) is 28.8 Å². The van der Waals surface area contributed by atoms with Crippen molar-refractivity contribution >= 4 is 0 Å². The lowest BCUT2D eigenvalue weighted by Crippen LogP contribution is -2.43. The summed E-state index contributed by atoms with van der Waals surface area (Å²) in [5.74, 6) is 1.00. The Balaban J connectivity index is 1.58. The van der Waals surface area contributed by atoms with Gasteiger partial charge in [0.15, 0.2) is 5.69 Å². The molecule has 0 radical (unpaired) electrons. The first-order valence-electron chi connectivity index (χ1n) is 10.2. The number of aromatic nitrogens is 4. The molecule has 0 aliphatic rings. The number of methoxy groups -OCH3 is 1. The minimum Gasteiger partial charge on any atom is -0.497 e. The molecule has 32 heavy (non-hydrogen) atoms. The van der Waals surface area contributed by atoms with E-state index in [4.69, 9.17) is 14.9 Å². The molecule has 0 spiro atoms. The van der Waals surface area contributed by atoms with Crippen LogP contribution in [0.2, 0.25) is 0 Å². The van der Waals surface area contributed by atoms with Crippen molar-refractivity contribution in [1.82, 2.24) is 15.0 Å². The summed E-state index contributed by atoms with van der Waals surface area (Å²) < 4.78 is 18.8. The number of benzene rings is 4. The normalized spacial score (nSPS) is 10.8. The summed E-state index contributed by atoms with van der Waals surface area (Å²) in [4.78, 5) is 3.34. The van der Waals surface area contributed by atoms with Crippen LogP contribution in [0.4, 0.5) is 4.39 Å². The third-order valence-electron chi connectivity index (χ3n) is 5.17. The summed E-state index contributed by atoms with van der Waals surface area (Å²) >= 11 is 0. The van der Waals surface area contributed by atoms with Crippen LogP contribution in [0.3, 0.4) is 0 Å². The molecule has 0 aliphatic heterocycles. The lowest BCUT2D eigenvalue weighted by molar-refractivity contribution is -0.734. The van der Waals surface area contributed by atoms with Gasteiger partial charge in [-0.1, -0.05) is 42.5 Å². The predicted molar refractivity (Wildman–Crippen MR) is 120 cm³/mol. The van der Waals surface area contributed by atoms with Crippen molar-refractivity contribution in [2.75, 3.05) is 7.11 Å². The smallest absolute Gasteiger partial charge is 0.340 e. The Labute approximate surface area is 184 Å². The van der Waals surface area contributed by atoms with Gasteiger partial charge in [-0.3, -0.25) is 0 Å². The average Bonchev–Trinajstić information content (AvgIpc) is 3.31. The number of hydrogen-bond donors (Lipinski definition) is 0. The van der Waals surface area contributed by atoms with Crippen molar-refractivity contribution in [3.63, 3.8) is 0 Å². The fraction of sp³-hybridized carbons (Fsp3) is 0.0385. The van der Waals surface area contributed by atoms with Gasteiger partial charge < -0.3 is 4.74 Å². The van der Waals surface area contributed by atoms with Crippen molar-refractivity contribution in [3.05, 3.63) is 109 Å². The molecule has 0 saturated carbocycles. The molecule has 0 unspecified atom stereocenters. The van der Waals surface area contributed by atoms with Crippen LogP contribution >= 0.6 is 0 Å². The van der Waals surface area contributed by atoms with Crippen LogP contribution in [0.5, 0.6) is 5.75 Å². The Morgan fingerprint density at radius 3 is 2.00 bits per heavy atom. The van der Waals surface area contributed by atoms with E-state index in [0.29, 0.717) is 11.5 Å². The lowest BCUT2D eigenvalue weighted by Gasteiger charge is -2.01. The minimum absolute atomic E-state index is 0.304. The maximum atomic E-state index is 13.5. The number of halogens is 1. The lowest BCUT2D eigenvalue weighted by atomic mass is 10.0. The quantitative estimate of drug-likeness (QED) is 0.373. The SMILES string of the molecule is COc1ccc(-n2nc(-c3ccc(-c4ccccc4)cc3)n[n+]2-c2ccc(F)cc2)cc1. The maximum absolute atomic E-state index is 13.5. The Bertz CT molecular complexity index is 1330. The van der Waals surface area contributed by atoms with Gasteiger partial charge in [0.2, 0.25) is 0 Å². The van der Waals surface area contributed by atoms with Gasteiger partial charge in [-0.05, 0) is 81.7 Å². The second kappa shape index (κ2) is 8.43. The monoisotopic (exact) mass is 423 g/mol. The second-order valence-electron chi connectivity index (χ2n) is 7.22. The van der Waals surface area contributed by atoms with E-state index >= 15 is 0 Å². The molecule has 156 valence electrons. The number of ether oxygens (including phenoxy) is 1. The van der Waals surface area contributed by atoms with Gasteiger partial charge in [0.05, 0.1) is 17.8 Å². The van der Waals surface area contributed by atoms with Crippen molar-refractivity contribution in [2.24, 2.45) is 0 Å². The van der Waals surface area contributed by atoms with Gasteiger partial charge in [-0.25, -0.2) is 4.39 Å². The highest BCUT2D eigenvalue weighted by atomic mass is 19.1. The summed E-state index contributed by atoms with van der Waals surface area (Å²) in [6, 6.07) is 32.0. The molecule has 0 fully saturated rings. The molecule has 0 amide bonds. The van der Waals surface area contributed by atoms with Crippen LogP contribution in [0.25, 0.3) is 33.9 Å². The zero-order valence-electron chi connectivity index (χ0n) is 17.4. The van der Waals surface area contributed by atoms with E-state index in [-0.39, 0.29) is 5.82 Å². The Morgan fingerprint density at radius 1 is 0.719 bits per heavy atom. The third-order valence-corrected chi connectivity index (χ3v) is 5.17. The molecular weight excluding hydrogens is 403 g/mol. The molecule has 0 saturated heterocycles. The summed E-state index contributed by atoms with van der Waals surface area (Å²) in [7, 11) is 1.63. The van der Waals surface area contributed by atoms with Gasteiger partial charge in [-0.15, -0.1) is 0 Å². The first kappa shape index (κ1) is 19.6. The molecule has 5 aromatic rings. The summed E-state index contributed by atoms with van der Waals surface area (Å²) in [6.07, 6.45) is 0. The highest BCUT2D eigenvalue weighted by Crippen LogP contribution is 2.23. The summed E-state index contributed by atoms with van der Waals surface area (Å²) in [5.41, 5.74) is 4.65. The van der Waals surface area contributed by atoms with Crippen molar-refractivity contribution < 1.29 is 13.9 Å². The molecule has 0 atom stereocenters. The average molecular weight is 423 g/mol. The highest BCUT2D eigenvalue weighted by Gasteiger charge is 2.23. The first-order valence-corrected chi connectivity index (χ1v) is 10.2. The van der Waals surface area contributed by atoms with E-state index in [9.17, 15) is 4.39 Å². The van der Waals surface area contributed by atoms with Crippen LogP contribution < -0.4 is 9.53 Å². The Morgan fingerprint density at radius 2 is 1.34 bits per heavy atom. The molecule has 5 nitrogen and oxygen atoms in total. The highest BCUT2D eigenvalue weighted by molar-refractivity contribution is 5.67. The Hall–Kier alpha value is -4.32. The first-order chi connectivity index (χ1) is 15.7. The predicted octanol–water partition coefficient (Wildman–Crippen LogP) is 5.03. The summed E-state index contributed by atoms with van der Waals surface area (Å²) in [5, 5.41) is 9.46. The molecule has 0 bridgehead atoms. The molecule has 1 heterocycles. The molecular formula is C26H20FN4O+. The fourth-order valence-electron chi connectivity index (χ4n) is 3.47. The van der Waals surface area contributed by atoms with Crippen LogP contribution in [0.1, 0.15) is 0 Å². The number of nitrogens with zero attached hydrogens (tertiary/aromatic N) is 4. The fourth-order valence-corrected chi connectivity index (χ4v) is 3.47. The van der Waals surface area contributed by atoms with Crippen molar-refractivity contribution in [1.29, 1.82) is 0 Å². The summed E-state index contributed by atoms with van der Waals surface area (Å²) in [6.45, 7) is 0. The van der Waals surface area contributed by atoms with Gasteiger partial charge >= 0.3 is 5.82 Å².